The molecule has 3 atom stereocenters. The lowest BCUT2D eigenvalue weighted by Crippen LogP contribution is -2.55. The molecule has 1 heterocycles. The van der Waals surface area contributed by atoms with E-state index in [4.69, 9.17) is 10.5 Å². The van der Waals surface area contributed by atoms with Crippen molar-refractivity contribution in [2.75, 3.05) is 19.8 Å². The molecule has 3 N–H and O–H groups in total. The van der Waals surface area contributed by atoms with Gasteiger partial charge in [0.15, 0.2) is 0 Å². The molecule has 1 amide bonds. The van der Waals surface area contributed by atoms with E-state index >= 15 is 0 Å². The normalized spacial score (nSPS) is 38.9. The smallest absolute Gasteiger partial charge is 0.242 e. The maximum Gasteiger partial charge on any atom is 0.242 e. The van der Waals surface area contributed by atoms with Crippen molar-refractivity contribution < 1.29 is 9.53 Å². The number of amides is 1. The summed E-state index contributed by atoms with van der Waals surface area (Å²) in [5, 5.41) is 2.99. The number of ether oxygens (including phenoxy) is 1. The molecule has 1 saturated carbocycles. The van der Waals surface area contributed by atoms with Gasteiger partial charge in [0.25, 0.3) is 0 Å². The number of hydrogen-bond acceptors (Lipinski definition) is 3. The summed E-state index contributed by atoms with van der Waals surface area (Å²) in [6.07, 6.45) is 4.45. The molecule has 1 aliphatic carbocycles. The summed E-state index contributed by atoms with van der Waals surface area (Å²) in [4.78, 5) is 11.9. The first-order valence-electron chi connectivity index (χ1n) is 6.27. The van der Waals surface area contributed by atoms with Crippen LogP contribution in [0, 0.1) is 11.8 Å². The van der Waals surface area contributed by atoms with Gasteiger partial charge in [-0.2, -0.15) is 0 Å². The van der Waals surface area contributed by atoms with E-state index in [0.29, 0.717) is 25.6 Å². The van der Waals surface area contributed by atoms with Gasteiger partial charge in [-0.1, -0.05) is 19.8 Å². The van der Waals surface area contributed by atoms with Crippen LogP contribution in [0.5, 0.6) is 0 Å². The van der Waals surface area contributed by atoms with Gasteiger partial charge >= 0.3 is 0 Å². The van der Waals surface area contributed by atoms with Crippen molar-refractivity contribution in [2.45, 2.75) is 38.1 Å². The van der Waals surface area contributed by atoms with Crippen LogP contribution >= 0.6 is 0 Å². The Morgan fingerprint density at radius 1 is 1.56 bits per heavy atom. The number of hydrogen-bond donors (Lipinski definition) is 2. The molecule has 92 valence electrons. The summed E-state index contributed by atoms with van der Waals surface area (Å²) in [5.74, 6) is 1.33. The molecule has 0 radical (unpaired) electrons. The van der Waals surface area contributed by atoms with Crippen molar-refractivity contribution >= 4 is 5.91 Å². The second-order valence-corrected chi connectivity index (χ2v) is 5.34. The van der Waals surface area contributed by atoms with Gasteiger partial charge in [0.05, 0.1) is 6.61 Å². The minimum atomic E-state index is -0.776. The van der Waals surface area contributed by atoms with E-state index in [2.05, 4.69) is 12.2 Å². The maximum atomic E-state index is 11.9. The third-order valence-electron chi connectivity index (χ3n) is 4.07. The Morgan fingerprint density at radius 2 is 2.38 bits per heavy atom. The quantitative estimate of drug-likeness (QED) is 0.743. The van der Waals surface area contributed by atoms with Crippen LogP contribution in [0.15, 0.2) is 0 Å². The van der Waals surface area contributed by atoms with Crippen LogP contribution in [0.2, 0.25) is 0 Å². The Bertz CT molecular complexity index is 262. The number of nitrogens with one attached hydrogen (secondary N) is 1. The summed E-state index contributed by atoms with van der Waals surface area (Å²) in [7, 11) is 0. The highest BCUT2D eigenvalue weighted by atomic mass is 16.5. The average molecular weight is 226 g/mol. The predicted octanol–water partition coefficient (Wildman–Crippen LogP) is 0.657. The SMILES string of the molecule is CC1CCCC1CNC(=O)C1(N)CCOC1. The molecule has 1 aliphatic heterocycles. The van der Waals surface area contributed by atoms with Crippen molar-refractivity contribution in [1.29, 1.82) is 0 Å². The Balaban J connectivity index is 1.79. The lowest BCUT2D eigenvalue weighted by Gasteiger charge is -2.23. The van der Waals surface area contributed by atoms with Gasteiger partial charge in [0.2, 0.25) is 5.91 Å². The maximum absolute atomic E-state index is 11.9. The summed E-state index contributed by atoms with van der Waals surface area (Å²) in [6, 6.07) is 0. The lowest BCUT2D eigenvalue weighted by molar-refractivity contribution is -0.126. The summed E-state index contributed by atoms with van der Waals surface area (Å²) >= 11 is 0. The molecule has 16 heavy (non-hydrogen) atoms. The van der Waals surface area contributed by atoms with E-state index in [1.54, 1.807) is 0 Å². The summed E-state index contributed by atoms with van der Waals surface area (Å²) < 4.78 is 5.19. The fourth-order valence-electron chi connectivity index (χ4n) is 2.69. The fraction of sp³-hybridized carbons (Fsp3) is 0.917. The monoisotopic (exact) mass is 226 g/mol. The third kappa shape index (κ3) is 2.38. The Hall–Kier alpha value is -0.610. The predicted molar refractivity (Wildman–Crippen MR) is 61.9 cm³/mol. The molecule has 2 rings (SSSR count). The van der Waals surface area contributed by atoms with Gasteiger partial charge in [-0.15, -0.1) is 0 Å². The van der Waals surface area contributed by atoms with E-state index in [1.807, 2.05) is 0 Å². The van der Waals surface area contributed by atoms with E-state index in [-0.39, 0.29) is 5.91 Å². The second kappa shape index (κ2) is 4.72. The molecule has 2 fully saturated rings. The first-order valence-corrected chi connectivity index (χ1v) is 6.27. The third-order valence-corrected chi connectivity index (χ3v) is 4.07. The molecule has 0 bridgehead atoms. The largest absolute Gasteiger partial charge is 0.379 e. The van der Waals surface area contributed by atoms with Gasteiger partial charge in [0.1, 0.15) is 5.54 Å². The highest BCUT2D eigenvalue weighted by molar-refractivity contribution is 5.86. The van der Waals surface area contributed by atoms with Crippen LogP contribution in [0.25, 0.3) is 0 Å². The van der Waals surface area contributed by atoms with Crippen molar-refractivity contribution in [1.82, 2.24) is 5.32 Å². The van der Waals surface area contributed by atoms with Crippen LogP contribution < -0.4 is 11.1 Å². The number of carbonyl (C=O) groups excluding carboxylic acids is 1. The highest BCUT2D eigenvalue weighted by Gasteiger charge is 2.38. The molecule has 0 aromatic heterocycles. The number of carbonyl (C=O) groups is 1. The van der Waals surface area contributed by atoms with E-state index in [0.717, 1.165) is 12.5 Å². The second-order valence-electron chi connectivity index (χ2n) is 5.34. The first-order chi connectivity index (χ1) is 7.62. The molecule has 2 aliphatic rings. The fourth-order valence-corrected chi connectivity index (χ4v) is 2.69. The van der Waals surface area contributed by atoms with E-state index in [9.17, 15) is 4.79 Å². The zero-order valence-electron chi connectivity index (χ0n) is 10.00. The van der Waals surface area contributed by atoms with Gasteiger partial charge in [-0.05, 0) is 24.7 Å². The Kier molecular flexibility index (Phi) is 3.50. The van der Waals surface area contributed by atoms with Crippen molar-refractivity contribution in [3.63, 3.8) is 0 Å². The van der Waals surface area contributed by atoms with Crippen LogP contribution in [0.4, 0.5) is 0 Å². The molecule has 4 nitrogen and oxygen atoms in total. The average Bonchev–Trinajstić information content (AvgIpc) is 2.85. The molecule has 4 heteroatoms. The van der Waals surface area contributed by atoms with Crippen LogP contribution in [-0.4, -0.2) is 31.2 Å². The van der Waals surface area contributed by atoms with Crippen molar-refractivity contribution in [3.8, 4) is 0 Å². The molecular formula is C12H22N2O2. The van der Waals surface area contributed by atoms with Crippen molar-refractivity contribution in [3.05, 3.63) is 0 Å². The van der Waals surface area contributed by atoms with E-state index in [1.165, 1.54) is 19.3 Å². The Morgan fingerprint density at radius 3 is 2.94 bits per heavy atom. The lowest BCUT2D eigenvalue weighted by atomic mass is 9.96. The van der Waals surface area contributed by atoms with Crippen molar-refractivity contribution in [2.24, 2.45) is 17.6 Å². The van der Waals surface area contributed by atoms with Crippen LogP contribution in [0.3, 0.4) is 0 Å². The number of nitrogens with two attached hydrogens (primary N) is 1. The topological polar surface area (TPSA) is 64.4 Å². The van der Waals surface area contributed by atoms with Crippen LogP contribution in [-0.2, 0) is 9.53 Å². The van der Waals surface area contributed by atoms with Gasteiger partial charge in [0, 0.05) is 13.2 Å². The zero-order valence-corrected chi connectivity index (χ0v) is 10.00. The minimum absolute atomic E-state index is 0.0379. The highest BCUT2D eigenvalue weighted by Crippen LogP contribution is 2.30. The standard InChI is InChI=1S/C12H22N2O2/c1-9-3-2-4-10(9)7-14-11(15)12(13)5-6-16-8-12/h9-10H,2-8,13H2,1H3,(H,14,15). The summed E-state index contributed by atoms with van der Waals surface area (Å²) in [6.45, 7) is 4.00. The molecule has 0 spiro atoms. The van der Waals surface area contributed by atoms with Crippen LogP contribution in [0.1, 0.15) is 32.6 Å². The molecule has 1 saturated heterocycles. The first kappa shape index (κ1) is 11.9. The van der Waals surface area contributed by atoms with Gasteiger partial charge in [-0.25, -0.2) is 0 Å². The minimum Gasteiger partial charge on any atom is -0.379 e. The molecule has 3 unspecified atom stereocenters. The van der Waals surface area contributed by atoms with E-state index < -0.39 is 5.54 Å². The van der Waals surface area contributed by atoms with Gasteiger partial charge < -0.3 is 15.8 Å². The molecule has 0 aromatic carbocycles. The molecule has 0 aromatic rings. The zero-order chi connectivity index (χ0) is 11.6. The Labute approximate surface area is 96.9 Å². The number of rotatable bonds is 3. The summed E-state index contributed by atoms with van der Waals surface area (Å²) in [5.41, 5.74) is 5.21. The van der Waals surface area contributed by atoms with Gasteiger partial charge in [-0.3, -0.25) is 4.79 Å². The molecular weight excluding hydrogens is 204 g/mol.